The molecule has 0 aliphatic rings. The number of halogens is 2. The normalized spacial score (nSPS) is 10.7. The van der Waals surface area contributed by atoms with Crippen LogP contribution in [-0.4, -0.2) is 20.6 Å². The first-order chi connectivity index (χ1) is 15.4. The molecule has 0 aliphatic carbocycles. The molecule has 0 atom stereocenters. The first kappa shape index (κ1) is 21.0. The van der Waals surface area contributed by atoms with Gasteiger partial charge in [0, 0.05) is 5.56 Å². The highest BCUT2D eigenvalue weighted by Gasteiger charge is 2.16. The number of anilines is 1. The van der Waals surface area contributed by atoms with Crippen LogP contribution in [0, 0.1) is 17.1 Å². The maximum Gasteiger partial charge on any atom is 0.263 e. The summed E-state index contributed by atoms with van der Waals surface area (Å²) in [5.74, 6) is -1.46. The van der Waals surface area contributed by atoms with Gasteiger partial charge in [-0.1, -0.05) is 29.8 Å². The zero-order valence-electron chi connectivity index (χ0n) is 16.3. The number of fused-ring (bicyclic) bond motifs is 1. The lowest BCUT2D eigenvalue weighted by molar-refractivity contribution is 0.102. The fourth-order valence-electron chi connectivity index (χ4n) is 3.26. The molecule has 32 heavy (non-hydrogen) atoms. The maximum absolute atomic E-state index is 13.5. The monoisotopic (exact) mass is 448 g/mol. The number of carbonyl (C=O) groups excluding carboxylic acids is 1. The Morgan fingerprint density at radius 3 is 2.75 bits per heavy atom. The summed E-state index contributed by atoms with van der Waals surface area (Å²) in [6.07, 6.45) is 1.36. The number of phenolic OH excluding ortho intramolecular Hbond substituents is 1. The molecule has 7 nitrogen and oxygen atoms in total. The lowest BCUT2D eigenvalue weighted by Gasteiger charge is -2.11. The van der Waals surface area contributed by atoms with Gasteiger partial charge in [0.05, 0.1) is 40.0 Å². The molecule has 3 aromatic carbocycles. The van der Waals surface area contributed by atoms with Gasteiger partial charge in [0.1, 0.15) is 11.9 Å². The average Bonchev–Trinajstić information content (AvgIpc) is 2.77. The van der Waals surface area contributed by atoms with Crippen molar-refractivity contribution < 1.29 is 14.3 Å². The van der Waals surface area contributed by atoms with Gasteiger partial charge in [0.25, 0.3) is 11.5 Å². The predicted octanol–water partition coefficient (Wildman–Crippen LogP) is 4.07. The number of hydrogen-bond acceptors (Lipinski definition) is 5. The Kier molecular flexibility index (Phi) is 5.58. The van der Waals surface area contributed by atoms with E-state index in [2.05, 4.69) is 10.3 Å². The summed E-state index contributed by atoms with van der Waals surface area (Å²) < 4.78 is 14.8. The van der Waals surface area contributed by atoms with Crippen LogP contribution < -0.4 is 10.9 Å². The van der Waals surface area contributed by atoms with Crippen molar-refractivity contribution in [2.75, 3.05) is 5.32 Å². The number of nitrogens with one attached hydrogen (secondary N) is 1. The predicted molar refractivity (Wildman–Crippen MR) is 117 cm³/mol. The molecule has 0 radical (unpaired) electrons. The SMILES string of the molecule is N#Cc1cc(C(=O)Nc2cccc3ncn(Cc4cccc(F)c4)c(=O)c23)cc(Cl)c1O. The Morgan fingerprint density at radius 1 is 1.22 bits per heavy atom. The van der Waals surface area contributed by atoms with Crippen LogP contribution in [0.5, 0.6) is 5.75 Å². The van der Waals surface area contributed by atoms with E-state index in [1.165, 1.54) is 35.2 Å². The van der Waals surface area contributed by atoms with Gasteiger partial charge in [-0.05, 0) is 42.0 Å². The molecule has 2 N–H and O–H groups in total. The summed E-state index contributed by atoms with van der Waals surface area (Å²) >= 11 is 5.90. The fraction of sp³-hybridized carbons (Fsp3) is 0.0435. The molecule has 0 saturated heterocycles. The third kappa shape index (κ3) is 4.02. The third-order valence-corrected chi connectivity index (χ3v) is 5.08. The topological polar surface area (TPSA) is 108 Å². The molecule has 4 rings (SSSR count). The summed E-state index contributed by atoms with van der Waals surface area (Å²) in [6.45, 7) is 0.0981. The van der Waals surface area contributed by atoms with E-state index in [-0.39, 0.29) is 33.8 Å². The fourth-order valence-corrected chi connectivity index (χ4v) is 3.48. The molecule has 0 bridgehead atoms. The van der Waals surface area contributed by atoms with E-state index in [4.69, 9.17) is 16.9 Å². The molecule has 0 fully saturated rings. The van der Waals surface area contributed by atoms with Gasteiger partial charge in [-0.2, -0.15) is 5.26 Å². The van der Waals surface area contributed by atoms with E-state index in [1.807, 2.05) is 0 Å². The Balaban J connectivity index is 1.73. The van der Waals surface area contributed by atoms with Crippen LogP contribution >= 0.6 is 11.6 Å². The van der Waals surface area contributed by atoms with Crippen molar-refractivity contribution in [3.8, 4) is 11.8 Å². The number of aromatic nitrogens is 2. The Hall–Kier alpha value is -4.22. The number of amides is 1. The smallest absolute Gasteiger partial charge is 0.263 e. The van der Waals surface area contributed by atoms with E-state index >= 15 is 0 Å². The Bertz CT molecular complexity index is 1480. The third-order valence-electron chi connectivity index (χ3n) is 4.79. The van der Waals surface area contributed by atoms with Gasteiger partial charge < -0.3 is 10.4 Å². The van der Waals surface area contributed by atoms with Crippen molar-refractivity contribution in [2.45, 2.75) is 6.54 Å². The molecular formula is C23H14ClFN4O3. The van der Waals surface area contributed by atoms with Gasteiger partial charge in [0.15, 0.2) is 5.75 Å². The van der Waals surface area contributed by atoms with Crippen LogP contribution in [0.4, 0.5) is 10.1 Å². The molecule has 0 saturated carbocycles. The summed E-state index contributed by atoms with van der Waals surface area (Å²) in [4.78, 5) is 30.2. The molecule has 0 unspecified atom stereocenters. The standard InChI is InChI=1S/C23H14ClFN4O3/c24-17-9-14(8-15(10-26)21(17)30)22(31)28-19-6-2-5-18-20(19)23(32)29(12-27-18)11-13-3-1-4-16(25)7-13/h1-9,12,30H,11H2,(H,28,31). The lowest BCUT2D eigenvalue weighted by Crippen LogP contribution is -2.23. The van der Waals surface area contributed by atoms with E-state index in [9.17, 15) is 19.1 Å². The maximum atomic E-state index is 13.5. The summed E-state index contributed by atoms with van der Waals surface area (Å²) in [7, 11) is 0. The summed E-state index contributed by atoms with van der Waals surface area (Å²) in [5.41, 5.74) is 0.616. The molecule has 4 aromatic rings. The van der Waals surface area contributed by atoms with Crippen molar-refractivity contribution in [1.29, 1.82) is 5.26 Å². The van der Waals surface area contributed by atoms with Crippen LogP contribution in [0.25, 0.3) is 10.9 Å². The van der Waals surface area contributed by atoms with Crippen LogP contribution in [0.15, 0.2) is 65.7 Å². The minimum atomic E-state index is -0.629. The minimum absolute atomic E-state index is 0.0327. The van der Waals surface area contributed by atoms with Gasteiger partial charge in [0.2, 0.25) is 0 Å². The number of hydrogen-bond donors (Lipinski definition) is 2. The van der Waals surface area contributed by atoms with Crippen LogP contribution in [0.1, 0.15) is 21.5 Å². The molecule has 9 heteroatoms. The van der Waals surface area contributed by atoms with Crippen molar-refractivity contribution >= 4 is 34.1 Å². The Labute approximate surface area is 185 Å². The van der Waals surface area contributed by atoms with Gasteiger partial charge in [-0.25, -0.2) is 9.37 Å². The van der Waals surface area contributed by atoms with Crippen molar-refractivity contribution in [1.82, 2.24) is 9.55 Å². The number of carbonyl (C=O) groups is 1. The van der Waals surface area contributed by atoms with E-state index in [1.54, 1.807) is 36.4 Å². The number of aromatic hydroxyl groups is 1. The number of nitrogens with zero attached hydrogens (tertiary/aromatic N) is 3. The highest BCUT2D eigenvalue weighted by Crippen LogP contribution is 2.29. The quantitative estimate of drug-likeness (QED) is 0.489. The van der Waals surface area contributed by atoms with Crippen molar-refractivity contribution in [3.63, 3.8) is 0 Å². The number of phenols is 1. The minimum Gasteiger partial charge on any atom is -0.505 e. The molecule has 0 aliphatic heterocycles. The second kappa shape index (κ2) is 8.49. The molecule has 1 heterocycles. The molecular weight excluding hydrogens is 435 g/mol. The van der Waals surface area contributed by atoms with Crippen LogP contribution in [0.2, 0.25) is 5.02 Å². The van der Waals surface area contributed by atoms with Crippen LogP contribution in [-0.2, 0) is 6.54 Å². The van der Waals surface area contributed by atoms with E-state index < -0.39 is 23.0 Å². The van der Waals surface area contributed by atoms with E-state index in [0.717, 1.165) is 0 Å². The average molecular weight is 449 g/mol. The zero-order valence-corrected chi connectivity index (χ0v) is 17.1. The molecule has 0 spiro atoms. The highest BCUT2D eigenvalue weighted by molar-refractivity contribution is 6.32. The summed E-state index contributed by atoms with van der Waals surface area (Å²) in [5, 5.41) is 21.5. The molecule has 1 aromatic heterocycles. The second-order valence-electron chi connectivity index (χ2n) is 6.93. The van der Waals surface area contributed by atoms with Gasteiger partial charge in [-0.3, -0.25) is 14.2 Å². The van der Waals surface area contributed by atoms with Crippen molar-refractivity contribution in [2.24, 2.45) is 0 Å². The first-order valence-corrected chi connectivity index (χ1v) is 9.71. The largest absolute Gasteiger partial charge is 0.505 e. The van der Waals surface area contributed by atoms with Crippen LogP contribution in [0.3, 0.4) is 0 Å². The zero-order chi connectivity index (χ0) is 22.8. The van der Waals surface area contributed by atoms with Gasteiger partial charge >= 0.3 is 0 Å². The number of benzene rings is 3. The molecule has 158 valence electrons. The second-order valence-corrected chi connectivity index (χ2v) is 7.33. The van der Waals surface area contributed by atoms with E-state index in [0.29, 0.717) is 11.1 Å². The lowest BCUT2D eigenvalue weighted by atomic mass is 10.1. The number of nitriles is 1. The molecule has 1 amide bonds. The number of rotatable bonds is 4. The van der Waals surface area contributed by atoms with Crippen molar-refractivity contribution in [3.05, 3.63) is 98.8 Å². The summed E-state index contributed by atoms with van der Waals surface area (Å²) in [6, 6.07) is 14.9. The Morgan fingerprint density at radius 2 is 2.00 bits per heavy atom. The van der Waals surface area contributed by atoms with Gasteiger partial charge in [-0.15, -0.1) is 0 Å². The first-order valence-electron chi connectivity index (χ1n) is 9.34. The highest BCUT2D eigenvalue weighted by atomic mass is 35.5.